The maximum Gasteiger partial charge on any atom is 0.321 e. The molecule has 0 aliphatic carbocycles. The summed E-state index contributed by atoms with van der Waals surface area (Å²) in [5.41, 5.74) is 5.09. The summed E-state index contributed by atoms with van der Waals surface area (Å²) in [5, 5.41) is 8.35. The number of hydrogen-bond donors (Lipinski definition) is 3. The fourth-order valence-electron chi connectivity index (χ4n) is 0.645. The van der Waals surface area contributed by atoms with E-state index in [1.54, 1.807) is 6.92 Å². The molecule has 0 saturated heterocycles. The van der Waals surface area contributed by atoms with Gasteiger partial charge in [0.2, 0.25) is 10.0 Å². The minimum Gasteiger partial charge on any atom is -0.480 e. The number of carbonyl (C=O) groups is 1. The van der Waals surface area contributed by atoms with Crippen molar-refractivity contribution >= 4 is 16.0 Å². The number of nitrogens with one attached hydrogen (secondary N) is 1. The number of carboxylic acids is 1. The Morgan fingerprint density at radius 3 is 2.54 bits per heavy atom. The number of nitrogens with two attached hydrogens (primary N) is 1. The lowest BCUT2D eigenvalue weighted by molar-refractivity contribution is -0.138. The van der Waals surface area contributed by atoms with Crippen LogP contribution in [0.4, 0.5) is 0 Å². The van der Waals surface area contributed by atoms with Gasteiger partial charge in [-0.1, -0.05) is 6.92 Å². The highest BCUT2D eigenvalue weighted by atomic mass is 32.2. The van der Waals surface area contributed by atoms with E-state index in [0.29, 0.717) is 6.42 Å². The van der Waals surface area contributed by atoms with Crippen LogP contribution in [0.25, 0.3) is 0 Å². The summed E-state index contributed by atoms with van der Waals surface area (Å²) < 4.78 is 24.1. The summed E-state index contributed by atoms with van der Waals surface area (Å²) in [6.07, 6.45) is 0.484. The van der Waals surface area contributed by atoms with Gasteiger partial charge in [-0.3, -0.25) is 4.79 Å². The summed E-state index contributed by atoms with van der Waals surface area (Å²) in [4.78, 5) is 10.2. The van der Waals surface area contributed by atoms with Crippen LogP contribution in [-0.2, 0) is 14.8 Å². The first kappa shape index (κ1) is 12.3. The van der Waals surface area contributed by atoms with E-state index in [1.807, 2.05) is 0 Å². The normalized spacial score (nSPS) is 14.0. The fourth-order valence-corrected chi connectivity index (χ4v) is 1.76. The summed E-state index contributed by atoms with van der Waals surface area (Å²) in [6.45, 7) is 1.45. The molecule has 0 heterocycles. The van der Waals surface area contributed by atoms with Gasteiger partial charge in [-0.2, -0.15) is 0 Å². The van der Waals surface area contributed by atoms with E-state index in [9.17, 15) is 13.2 Å². The molecule has 0 fully saturated rings. The number of hydrogen-bond acceptors (Lipinski definition) is 4. The molecule has 1 unspecified atom stereocenters. The standard InChI is InChI=1S/C6H14N2O4S/c1-2-3-13(11,12)8-4-5(7)6(9)10/h5,8H,2-4,7H2,1H3,(H,9,10). The van der Waals surface area contributed by atoms with Gasteiger partial charge in [-0.25, -0.2) is 13.1 Å². The van der Waals surface area contributed by atoms with Crippen LogP contribution in [0.5, 0.6) is 0 Å². The smallest absolute Gasteiger partial charge is 0.321 e. The maximum absolute atomic E-state index is 11.0. The van der Waals surface area contributed by atoms with Crippen LogP contribution in [0.3, 0.4) is 0 Å². The molecule has 13 heavy (non-hydrogen) atoms. The number of rotatable bonds is 6. The highest BCUT2D eigenvalue weighted by Crippen LogP contribution is 1.88. The van der Waals surface area contributed by atoms with E-state index in [0.717, 1.165) is 0 Å². The molecule has 78 valence electrons. The van der Waals surface area contributed by atoms with Crippen LogP contribution in [0.1, 0.15) is 13.3 Å². The van der Waals surface area contributed by atoms with Crippen LogP contribution in [0.2, 0.25) is 0 Å². The average molecular weight is 210 g/mol. The van der Waals surface area contributed by atoms with Gasteiger partial charge in [0.25, 0.3) is 0 Å². The van der Waals surface area contributed by atoms with Crippen molar-refractivity contribution in [2.24, 2.45) is 5.73 Å². The molecule has 6 nitrogen and oxygen atoms in total. The van der Waals surface area contributed by atoms with Crippen LogP contribution >= 0.6 is 0 Å². The van der Waals surface area contributed by atoms with Crippen LogP contribution < -0.4 is 10.5 Å². The SMILES string of the molecule is CCCS(=O)(=O)NCC(N)C(=O)O. The van der Waals surface area contributed by atoms with Gasteiger partial charge in [0, 0.05) is 6.54 Å². The first-order chi connectivity index (χ1) is 5.89. The predicted molar refractivity (Wildman–Crippen MR) is 47.7 cm³/mol. The Morgan fingerprint density at radius 1 is 1.62 bits per heavy atom. The molecule has 0 aromatic rings. The highest BCUT2D eigenvalue weighted by molar-refractivity contribution is 7.89. The molecule has 0 radical (unpaired) electrons. The highest BCUT2D eigenvalue weighted by Gasteiger charge is 2.15. The maximum atomic E-state index is 11.0. The van der Waals surface area contributed by atoms with E-state index in [4.69, 9.17) is 10.8 Å². The number of carboxylic acid groups (broad SMARTS) is 1. The largest absolute Gasteiger partial charge is 0.480 e. The monoisotopic (exact) mass is 210 g/mol. The first-order valence-electron chi connectivity index (χ1n) is 3.84. The van der Waals surface area contributed by atoms with Gasteiger partial charge < -0.3 is 10.8 Å². The molecule has 0 aromatic carbocycles. The lowest BCUT2D eigenvalue weighted by atomic mass is 10.3. The summed E-state index contributed by atoms with van der Waals surface area (Å²) in [6, 6.07) is -1.19. The Balaban J connectivity index is 3.95. The molecule has 1 atom stereocenters. The first-order valence-corrected chi connectivity index (χ1v) is 5.50. The van der Waals surface area contributed by atoms with Gasteiger partial charge in [0.1, 0.15) is 6.04 Å². The minimum atomic E-state index is -3.35. The fraction of sp³-hybridized carbons (Fsp3) is 0.833. The molecule has 0 aliphatic heterocycles. The van der Waals surface area contributed by atoms with E-state index in [2.05, 4.69) is 4.72 Å². The molecule has 0 bridgehead atoms. The molecule has 0 saturated carbocycles. The summed E-state index contributed by atoms with van der Waals surface area (Å²) in [7, 11) is -3.35. The van der Waals surface area contributed by atoms with Crippen molar-refractivity contribution in [1.29, 1.82) is 0 Å². The predicted octanol–water partition coefficient (Wildman–Crippen LogP) is -1.27. The van der Waals surface area contributed by atoms with Crippen molar-refractivity contribution < 1.29 is 18.3 Å². The lowest BCUT2D eigenvalue weighted by Crippen LogP contribution is -2.42. The molecule has 7 heteroatoms. The summed E-state index contributed by atoms with van der Waals surface area (Å²) in [5.74, 6) is -1.24. The van der Waals surface area contributed by atoms with E-state index < -0.39 is 22.0 Å². The Kier molecular flexibility index (Phi) is 4.89. The Morgan fingerprint density at radius 2 is 2.15 bits per heavy atom. The summed E-state index contributed by atoms with van der Waals surface area (Å²) >= 11 is 0. The second kappa shape index (κ2) is 5.15. The zero-order chi connectivity index (χ0) is 10.5. The lowest BCUT2D eigenvalue weighted by Gasteiger charge is -2.07. The van der Waals surface area contributed by atoms with E-state index in [-0.39, 0.29) is 12.3 Å². The van der Waals surface area contributed by atoms with Crippen LogP contribution in [-0.4, -0.2) is 37.8 Å². The Bertz CT molecular complexity index is 262. The second-order valence-corrected chi connectivity index (χ2v) is 4.54. The van der Waals surface area contributed by atoms with Crippen molar-refractivity contribution in [3.05, 3.63) is 0 Å². The zero-order valence-electron chi connectivity index (χ0n) is 7.36. The van der Waals surface area contributed by atoms with E-state index in [1.165, 1.54) is 0 Å². The van der Waals surface area contributed by atoms with Crippen molar-refractivity contribution in [3.8, 4) is 0 Å². The topological polar surface area (TPSA) is 109 Å². The van der Waals surface area contributed by atoms with Gasteiger partial charge in [0.05, 0.1) is 5.75 Å². The van der Waals surface area contributed by atoms with Crippen molar-refractivity contribution in [2.45, 2.75) is 19.4 Å². The number of sulfonamides is 1. The Hall–Kier alpha value is -0.660. The molecule has 0 rings (SSSR count). The van der Waals surface area contributed by atoms with Crippen molar-refractivity contribution in [1.82, 2.24) is 4.72 Å². The third-order valence-electron chi connectivity index (χ3n) is 1.31. The van der Waals surface area contributed by atoms with Gasteiger partial charge >= 0.3 is 5.97 Å². The molecule has 0 amide bonds. The van der Waals surface area contributed by atoms with Crippen molar-refractivity contribution in [2.75, 3.05) is 12.3 Å². The molecular weight excluding hydrogens is 196 g/mol. The van der Waals surface area contributed by atoms with Gasteiger partial charge in [-0.05, 0) is 6.42 Å². The molecular formula is C6H14N2O4S. The molecule has 0 aliphatic rings. The molecule has 0 aromatic heterocycles. The number of aliphatic carboxylic acids is 1. The molecule has 4 N–H and O–H groups in total. The van der Waals surface area contributed by atoms with E-state index >= 15 is 0 Å². The van der Waals surface area contributed by atoms with Gasteiger partial charge in [0.15, 0.2) is 0 Å². The average Bonchev–Trinajstić information content (AvgIpc) is 2.00. The molecule has 0 spiro atoms. The minimum absolute atomic E-state index is 0.0145. The Labute approximate surface area is 77.2 Å². The second-order valence-electron chi connectivity index (χ2n) is 2.61. The van der Waals surface area contributed by atoms with Gasteiger partial charge in [-0.15, -0.1) is 0 Å². The zero-order valence-corrected chi connectivity index (χ0v) is 8.17. The third kappa shape index (κ3) is 5.56. The third-order valence-corrected chi connectivity index (χ3v) is 2.87. The van der Waals surface area contributed by atoms with Crippen LogP contribution in [0, 0.1) is 0 Å². The quantitative estimate of drug-likeness (QED) is 0.506. The van der Waals surface area contributed by atoms with Crippen LogP contribution in [0.15, 0.2) is 0 Å². The van der Waals surface area contributed by atoms with Crippen molar-refractivity contribution in [3.63, 3.8) is 0 Å².